The van der Waals surface area contributed by atoms with Crippen LogP contribution in [0.25, 0.3) is 11.3 Å². The predicted octanol–water partition coefficient (Wildman–Crippen LogP) is 4.11. The molecule has 0 radical (unpaired) electrons. The molecule has 96 valence electrons. The number of hydrogen-bond donors (Lipinski definition) is 1. The van der Waals surface area contributed by atoms with Crippen molar-refractivity contribution in [1.82, 2.24) is 10.3 Å². The number of nitrogens with zero attached hydrogens (tertiary/aromatic N) is 1. The van der Waals surface area contributed by atoms with Crippen LogP contribution in [0.1, 0.15) is 17.8 Å². The summed E-state index contributed by atoms with van der Waals surface area (Å²) in [6.07, 6.45) is 3.49. The van der Waals surface area contributed by atoms with E-state index in [4.69, 9.17) is 4.98 Å². The summed E-state index contributed by atoms with van der Waals surface area (Å²) in [4.78, 5) is 4.70. The monoisotopic (exact) mass is 324 g/mol. The van der Waals surface area contributed by atoms with Crippen molar-refractivity contribution in [3.05, 3.63) is 39.1 Å². The van der Waals surface area contributed by atoms with Gasteiger partial charge in [0.05, 0.1) is 10.7 Å². The predicted molar refractivity (Wildman–Crippen MR) is 82.1 cm³/mol. The van der Waals surface area contributed by atoms with Crippen LogP contribution < -0.4 is 5.32 Å². The summed E-state index contributed by atoms with van der Waals surface area (Å²) in [5.74, 6) is 0. The Bertz CT molecular complexity index is 496. The molecule has 0 saturated heterocycles. The molecule has 2 nitrogen and oxygen atoms in total. The highest BCUT2D eigenvalue weighted by Crippen LogP contribution is 2.25. The van der Waals surface area contributed by atoms with E-state index in [0.29, 0.717) is 0 Å². The van der Waals surface area contributed by atoms with E-state index in [1.165, 1.54) is 23.4 Å². The third-order valence-corrected chi connectivity index (χ3v) is 4.14. The van der Waals surface area contributed by atoms with Gasteiger partial charge in [0, 0.05) is 15.4 Å². The lowest BCUT2D eigenvalue weighted by Gasteiger charge is -1.98. The molecule has 0 fully saturated rings. The Kier molecular flexibility index (Phi) is 5.35. The SMILES string of the molecule is CNCCCCc1nc(-c2cccc(Br)c2)cs1. The van der Waals surface area contributed by atoms with Crippen molar-refractivity contribution in [2.24, 2.45) is 0 Å². The number of unbranched alkanes of at least 4 members (excludes halogenated alkanes) is 1. The van der Waals surface area contributed by atoms with Gasteiger partial charge in [0.15, 0.2) is 0 Å². The van der Waals surface area contributed by atoms with Crippen molar-refractivity contribution in [3.8, 4) is 11.3 Å². The maximum absolute atomic E-state index is 4.70. The Labute approximate surface area is 121 Å². The fourth-order valence-electron chi connectivity index (χ4n) is 1.78. The quantitative estimate of drug-likeness (QED) is 0.808. The molecule has 0 aliphatic rings. The number of halogens is 1. The zero-order valence-corrected chi connectivity index (χ0v) is 12.9. The number of nitrogens with one attached hydrogen (secondary N) is 1. The Morgan fingerprint density at radius 3 is 3.00 bits per heavy atom. The van der Waals surface area contributed by atoms with Gasteiger partial charge < -0.3 is 5.32 Å². The molecule has 0 amide bonds. The fraction of sp³-hybridized carbons (Fsp3) is 0.357. The molecule has 1 heterocycles. The number of aromatic nitrogens is 1. The molecule has 1 N–H and O–H groups in total. The first-order chi connectivity index (χ1) is 8.79. The summed E-state index contributed by atoms with van der Waals surface area (Å²) in [7, 11) is 1.99. The number of aryl methyl sites for hydroxylation is 1. The van der Waals surface area contributed by atoms with Crippen LogP contribution in [0.2, 0.25) is 0 Å². The van der Waals surface area contributed by atoms with E-state index < -0.39 is 0 Å². The molecule has 0 aliphatic carbocycles. The van der Waals surface area contributed by atoms with E-state index in [2.05, 4.69) is 38.8 Å². The zero-order valence-electron chi connectivity index (χ0n) is 10.4. The zero-order chi connectivity index (χ0) is 12.8. The summed E-state index contributed by atoms with van der Waals surface area (Å²) in [6.45, 7) is 1.09. The topological polar surface area (TPSA) is 24.9 Å². The van der Waals surface area contributed by atoms with Gasteiger partial charge in [-0.2, -0.15) is 0 Å². The molecule has 0 atom stereocenters. The minimum atomic E-state index is 1.08. The number of hydrogen-bond acceptors (Lipinski definition) is 3. The summed E-state index contributed by atoms with van der Waals surface area (Å²) in [5, 5.41) is 6.55. The van der Waals surface area contributed by atoms with Gasteiger partial charge in [-0.05, 0) is 45.0 Å². The van der Waals surface area contributed by atoms with Crippen molar-refractivity contribution >= 4 is 27.3 Å². The molecule has 2 aromatic rings. The van der Waals surface area contributed by atoms with Gasteiger partial charge in [0.1, 0.15) is 0 Å². The van der Waals surface area contributed by atoms with Gasteiger partial charge >= 0.3 is 0 Å². The minimum absolute atomic E-state index is 1.08. The molecule has 1 aromatic heterocycles. The number of benzene rings is 1. The lowest BCUT2D eigenvalue weighted by molar-refractivity contribution is 0.676. The van der Waals surface area contributed by atoms with Crippen LogP contribution in [0.3, 0.4) is 0 Å². The molecule has 0 saturated carbocycles. The molecular weight excluding hydrogens is 308 g/mol. The van der Waals surface area contributed by atoms with Crippen molar-refractivity contribution in [3.63, 3.8) is 0 Å². The molecule has 0 aliphatic heterocycles. The van der Waals surface area contributed by atoms with E-state index in [9.17, 15) is 0 Å². The molecule has 0 bridgehead atoms. The van der Waals surface area contributed by atoms with Gasteiger partial charge in [-0.3, -0.25) is 0 Å². The van der Waals surface area contributed by atoms with Crippen LogP contribution in [-0.2, 0) is 6.42 Å². The second-order valence-electron chi connectivity index (χ2n) is 4.20. The summed E-state index contributed by atoms with van der Waals surface area (Å²) in [5.41, 5.74) is 2.27. The molecule has 4 heteroatoms. The molecule has 18 heavy (non-hydrogen) atoms. The van der Waals surface area contributed by atoms with Crippen LogP contribution in [-0.4, -0.2) is 18.6 Å². The number of rotatable bonds is 6. The van der Waals surface area contributed by atoms with Gasteiger partial charge in [0.25, 0.3) is 0 Å². The van der Waals surface area contributed by atoms with Crippen molar-refractivity contribution in [2.45, 2.75) is 19.3 Å². The van der Waals surface area contributed by atoms with Gasteiger partial charge in [-0.25, -0.2) is 4.98 Å². The van der Waals surface area contributed by atoms with Crippen LogP contribution >= 0.6 is 27.3 Å². The lowest BCUT2D eigenvalue weighted by atomic mass is 10.2. The normalized spacial score (nSPS) is 10.8. The molecule has 0 spiro atoms. The molecule has 0 unspecified atom stereocenters. The first kappa shape index (κ1) is 13.7. The van der Waals surface area contributed by atoms with E-state index in [-0.39, 0.29) is 0 Å². The van der Waals surface area contributed by atoms with Gasteiger partial charge in [-0.1, -0.05) is 28.1 Å². The average molecular weight is 325 g/mol. The second-order valence-corrected chi connectivity index (χ2v) is 6.06. The summed E-state index contributed by atoms with van der Waals surface area (Å²) in [6, 6.07) is 8.30. The standard InChI is InChI=1S/C14H17BrN2S/c1-16-8-3-2-7-14-17-13(10-18-14)11-5-4-6-12(15)9-11/h4-6,9-10,16H,2-3,7-8H2,1H3. The Hall–Kier alpha value is -0.710. The van der Waals surface area contributed by atoms with Crippen LogP contribution in [0.4, 0.5) is 0 Å². The van der Waals surface area contributed by atoms with Crippen LogP contribution in [0, 0.1) is 0 Å². The average Bonchev–Trinajstić information content (AvgIpc) is 2.83. The van der Waals surface area contributed by atoms with Crippen molar-refractivity contribution in [2.75, 3.05) is 13.6 Å². The van der Waals surface area contributed by atoms with Crippen LogP contribution in [0.15, 0.2) is 34.1 Å². The first-order valence-electron chi connectivity index (χ1n) is 6.14. The van der Waals surface area contributed by atoms with E-state index in [1.807, 2.05) is 19.2 Å². The number of thiazole rings is 1. The van der Waals surface area contributed by atoms with Crippen molar-refractivity contribution < 1.29 is 0 Å². The fourth-order valence-corrected chi connectivity index (χ4v) is 3.03. The molecular formula is C14H17BrN2S. The highest BCUT2D eigenvalue weighted by Gasteiger charge is 2.04. The Morgan fingerprint density at radius 2 is 2.22 bits per heavy atom. The highest BCUT2D eigenvalue weighted by molar-refractivity contribution is 9.10. The van der Waals surface area contributed by atoms with E-state index in [1.54, 1.807) is 11.3 Å². The largest absolute Gasteiger partial charge is 0.320 e. The Balaban J connectivity index is 1.97. The molecule has 2 rings (SSSR count). The molecule has 1 aromatic carbocycles. The first-order valence-corrected chi connectivity index (χ1v) is 7.82. The summed E-state index contributed by atoms with van der Waals surface area (Å²) >= 11 is 5.26. The van der Waals surface area contributed by atoms with Crippen LogP contribution in [0.5, 0.6) is 0 Å². The smallest absolute Gasteiger partial charge is 0.0932 e. The van der Waals surface area contributed by atoms with Crippen molar-refractivity contribution in [1.29, 1.82) is 0 Å². The maximum atomic E-state index is 4.70. The lowest BCUT2D eigenvalue weighted by Crippen LogP contribution is -2.07. The third kappa shape index (κ3) is 3.90. The van der Waals surface area contributed by atoms with Gasteiger partial charge in [-0.15, -0.1) is 11.3 Å². The van der Waals surface area contributed by atoms with Gasteiger partial charge in [0.2, 0.25) is 0 Å². The van der Waals surface area contributed by atoms with E-state index in [0.717, 1.165) is 23.1 Å². The highest BCUT2D eigenvalue weighted by atomic mass is 79.9. The van der Waals surface area contributed by atoms with E-state index >= 15 is 0 Å². The summed E-state index contributed by atoms with van der Waals surface area (Å²) < 4.78 is 1.10. The minimum Gasteiger partial charge on any atom is -0.320 e. The second kappa shape index (κ2) is 7.02. The Morgan fingerprint density at radius 1 is 1.33 bits per heavy atom. The maximum Gasteiger partial charge on any atom is 0.0932 e. The third-order valence-electron chi connectivity index (χ3n) is 2.74.